The molecule has 0 aromatic carbocycles. The van der Waals surface area contributed by atoms with E-state index in [1.54, 1.807) is 0 Å². The first-order valence-electron chi connectivity index (χ1n) is 7.54. The van der Waals surface area contributed by atoms with E-state index in [0.717, 1.165) is 32.7 Å². The molecule has 1 unspecified atom stereocenters. The van der Waals surface area contributed by atoms with Gasteiger partial charge in [-0.15, -0.1) is 0 Å². The normalized spacial score (nSPS) is 25.6. The highest BCUT2D eigenvalue weighted by Crippen LogP contribution is 2.17. The highest BCUT2D eigenvalue weighted by molar-refractivity contribution is 5.78. The third-order valence-electron chi connectivity index (χ3n) is 4.18. The molecule has 18 heavy (non-hydrogen) atoms. The summed E-state index contributed by atoms with van der Waals surface area (Å²) in [5.41, 5.74) is 0. The quantitative estimate of drug-likeness (QED) is 0.796. The van der Waals surface area contributed by atoms with Crippen molar-refractivity contribution < 1.29 is 4.79 Å². The first-order valence-corrected chi connectivity index (χ1v) is 7.54. The fourth-order valence-corrected chi connectivity index (χ4v) is 3.05. The summed E-state index contributed by atoms with van der Waals surface area (Å²) < 4.78 is 0. The summed E-state index contributed by atoms with van der Waals surface area (Å²) >= 11 is 0. The van der Waals surface area contributed by atoms with Crippen LogP contribution in [-0.2, 0) is 4.79 Å². The van der Waals surface area contributed by atoms with Crippen molar-refractivity contribution in [3.05, 3.63) is 0 Å². The van der Waals surface area contributed by atoms with Gasteiger partial charge in [0.2, 0.25) is 5.91 Å². The van der Waals surface area contributed by atoms with Crippen molar-refractivity contribution in [2.75, 3.05) is 39.3 Å². The Labute approximate surface area is 111 Å². The molecule has 2 aliphatic rings. The average Bonchev–Trinajstić information content (AvgIpc) is 2.91. The van der Waals surface area contributed by atoms with E-state index >= 15 is 0 Å². The van der Waals surface area contributed by atoms with Crippen LogP contribution in [0.4, 0.5) is 0 Å². The van der Waals surface area contributed by atoms with Gasteiger partial charge in [-0.25, -0.2) is 0 Å². The topological polar surface area (TPSA) is 35.6 Å². The van der Waals surface area contributed by atoms with Crippen molar-refractivity contribution in [3.8, 4) is 0 Å². The molecule has 0 radical (unpaired) electrons. The Hall–Kier alpha value is -0.610. The van der Waals surface area contributed by atoms with Crippen molar-refractivity contribution in [2.24, 2.45) is 0 Å². The number of amides is 1. The van der Waals surface area contributed by atoms with E-state index in [-0.39, 0.29) is 0 Å². The standard InChI is InChI=1S/C14H27N3O/c1-2-15-11-13-7-3-4-10-17(13)12-14(18)16-8-5-6-9-16/h13,15H,2-12H2,1H3. The lowest BCUT2D eigenvalue weighted by atomic mass is 10.0. The molecule has 2 saturated heterocycles. The number of likely N-dealkylation sites (N-methyl/N-ethyl adjacent to an activating group) is 1. The number of hydrogen-bond acceptors (Lipinski definition) is 3. The maximum Gasteiger partial charge on any atom is 0.236 e. The number of likely N-dealkylation sites (tertiary alicyclic amines) is 2. The Morgan fingerprint density at radius 2 is 1.89 bits per heavy atom. The first kappa shape index (κ1) is 13.8. The number of carbonyl (C=O) groups excluding carboxylic acids is 1. The molecule has 4 nitrogen and oxygen atoms in total. The molecule has 4 heteroatoms. The van der Waals surface area contributed by atoms with Gasteiger partial charge in [0.15, 0.2) is 0 Å². The molecule has 0 aromatic heterocycles. The van der Waals surface area contributed by atoms with Gasteiger partial charge in [0.05, 0.1) is 6.54 Å². The first-order chi connectivity index (χ1) is 8.81. The molecule has 0 bridgehead atoms. The molecule has 104 valence electrons. The second-order valence-electron chi connectivity index (χ2n) is 5.52. The van der Waals surface area contributed by atoms with E-state index in [2.05, 4.69) is 17.1 Å². The number of piperidine rings is 1. The zero-order valence-electron chi connectivity index (χ0n) is 11.7. The molecule has 0 aliphatic carbocycles. The van der Waals surface area contributed by atoms with Crippen LogP contribution < -0.4 is 5.32 Å². The summed E-state index contributed by atoms with van der Waals surface area (Å²) in [4.78, 5) is 16.6. The molecule has 2 aliphatic heterocycles. The van der Waals surface area contributed by atoms with Gasteiger partial charge in [0.1, 0.15) is 0 Å². The Kier molecular flexibility index (Phi) is 5.45. The van der Waals surface area contributed by atoms with E-state index in [1.165, 1.54) is 32.1 Å². The van der Waals surface area contributed by atoms with E-state index < -0.39 is 0 Å². The fourth-order valence-electron chi connectivity index (χ4n) is 3.05. The monoisotopic (exact) mass is 253 g/mol. The highest BCUT2D eigenvalue weighted by atomic mass is 16.2. The van der Waals surface area contributed by atoms with Crippen molar-refractivity contribution in [2.45, 2.75) is 45.1 Å². The third kappa shape index (κ3) is 3.69. The molecule has 2 fully saturated rings. The molecule has 0 spiro atoms. The largest absolute Gasteiger partial charge is 0.342 e. The molecule has 0 aromatic rings. The van der Waals surface area contributed by atoms with Crippen molar-refractivity contribution in [3.63, 3.8) is 0 Å². The summed E-state index contributed by atoms with van der Waals surface area (Å²) in [6.07, 6.45) is 6.17. The zero-order valence-corrected chi connectivity index (χ0v) is 11.7. The fraction of sp³-hybridized carbons (Fsp3) is 0.929. The minimum absolute atomic E-state index is 0.343. The van der Waals surface area contributed by atoms with Crippen LogP contribution in [0.15, 0.2) is 0 Å². The zero-order chi connectivity index (χ0) is 12.8. The summed E-state index contributed by atoms with van der Waals surface area (Å²) in [6, 6.07) is 0.560. The Bertz CT molecular complexity index is 264. The van der Waals surface area contributed by atoms with Crippen LogP contribution in [0.2, 0.25) is 0 Å². The van der Waals surface area contributed by atoms with Gasteiger partial charge in [-0.2, -0.15) is 0 Å². The van der Waals surface area contributed by atoms with E-state index in [9.17, 15) is 4.79 Å². The lowest BCUT2D eigenvalue weighted by Crippen LogP contribution is -2.49. The van der Waals surface area contributed by atoms with Gasteiger partial charge in [-0.3, -0.25) is 9.69 Å². The molecule has 1 atom stereocenters. The predicted octanol–water partition coefficient (Wildman–Crippen LogP) is 1.07. The van der Waals surface area contributed by atoms with Crippen LogP contribution >= 0.6 is 0 Å². The molecular weight excluding hydrogens is 226 g/mol. The third-order valence-corrected chi connectivity index (χ3v) is 4.18. The van der Waals surface area contributed by atoms with Gasteiger partial charge in [-0.1, -0.05) is 13.3 Å². The lowest BCUT2D eigenvalue weighted by Gasteiger charge is -2.36. The minimum atomic E-state index is 0.343. The molecule has 0 saturated carbocycles. The van der Waals surface area contributed by atoms with Gasteiger partial charge in [0, 0.05) is 25.7 Å². The molecule has 1 N–H and O–H groups in total. The Balaban J connectivity index is 1.82. The number of carbonyl (C=O) groups is 1. The van der Waals surface area contributed by atoms with Crippen LogP contribution in [0.25, 0.3) is 0 Å². The lowest BCUT2D eigenvalue weighted by molar-refractivity contribution is -0.132. The minimum Gasteiger partial charge on any atom is -0.342 e. The molecule has 2 heterocycles. The highest BCUT2D eigenvalue weighted by Gasteiger charge is 2.26. The van der Waals surface area contributed by atoms with Crippen LogP contribution in [-0.4, -0.2) is 61.0 Å². The molecule has 2 rings (SSSR count). The number of nitrogens with zero attached hydrogens (tertiary/aromatic N) is 2. The predicted molar refractivity (Wildman–Crippen MR) is 73.6 cm³/mol. The van der Waals surface area contributed by atoms with Gasteiger partial charge < -0.3 is 10.2 Å². The molecular formula is C14H27N3O. The summed E-state index contributed by atoms with van der Waals surface area (Å²) in [7, 11) is 0. The summed E-state index contributed by atoms with van der Waals surface area (Å²) in [5.74, 6) is 0.343. The van der Waals surface area contributed by atoms with E-state index in [4.69, 9.17) is 0 Å². The summed E-state index contributed by atoms with van der Waals surface area (Å²) in [5, 5.41) is 3.42. The number of hydrogen-bond donors (Lipinski definition) is 1. The van der Waals surface area contributed by atoms with Crippen molar-refractivity contribution in [1.82, 2.24) is 15.1 Å². The number of rotatable bonds is 5. The van der Waals surface area contributed by atoms with E-state index in [1.807, 2.05) is 4.90 Å². The number of nitrogens with one attached hydrogen (secondary N) is 1. The van der Waals surface area contributed by atoms with Gasteiger partial charge in [-0.05, 0) is 38.8 Å². The van der Waals surface area contributed by atoms with Crippen molar-refractivity contribution >= 4 is 5.91 Å². The average molecular weight is 253 g/mol. The SMILES string of the molecule is CCNCC1CCCCN1CC(=O)N1CCCC1. The Morgan fingerprint density at radius 3 is 2.61 bits per heavy atom. The second kappa shape index (κ2) is 7.10. The van der Waals surface area contributed by atoms with Gasteiger partial charge in [0.25, 0.3) is 0 Å². The summed E-state index contributed by atoms with van der Waals surface area (Å²) in [6.45, 7) is 7.87. The van der Waals surface area contributed by atoms with Crippen molar-refractivity contribution in [1.29, 1.82) is 0 Å². The maximum atomic E-state index is 12.2. The Morgan fingerprint density at radius 1 is 1.17 bits per heavy atom. The van der Waals surface area contributed by atoms with Crippen LogP contribution in [0.3, 0.4) is 0 Å². The molecule has 1 amide bonds. The van der Waals surface area contributed by atoms with Crippen LogP contribution in [0.1, 0.15) is 39.0 Å². The van der Waals surface area contributed by atoms with E-state index in [0.29, 0.717) is 18.5 Å². The van der Waals surface area contributed by atoms with Crippen LogP contribution in [0, 0.1) is 0 Å². The van der Waals surface area contributed by atoms with Crippen LogP contribution in [0.5, 0.6) is 0 Å². The smallest absolute Gasteiger partial charge is 0.236 e. The second-order valence-corrected chi connectivity index (χ2v) is 5.52. The van der Waals surface area contributed by atoms with Gasteiger partial charge >= 0.3 is 0 Å². The maximum absolute atomic E-state index is 12.2.